The SMILES string of the molecule is COc1c(OC(C)=O)cc2c(c1OC(C)=O)[C@@H]1O[C@H](COC(=O)c3cc(OC(C)=O)c(OC(C)=O)c(OC(C)=O)c3)[C@@H](OC(C)=O)[C@H](OC(C)=O)[C@H]1OC2=O. The van der Waals surface area contributed by atoms with Gasteiger partial charge in [-0.2, -0.15) is 0 Å². The molecule has 0 aliphatic carbocycles. The van der Waals surface area contributed by atoms with Crippen LogP contribution in [-0.4, -0.2) is 91.9 Å². The molecule has 0 aromatic heterocycles. The molecule has 0 unspecified atom stereocenters. The minimum atomic E-state index is -1.64. The first-order valence-electron chi connectivity index (χ1n) is 16.0. The third kappa shape index (κ3) is 9.71. The second-order valence-electron chi connectivity index (χ2n) is 11.7. The van der Waals surface area contributed by atoms with E-state index in [9.17, 15) is 43.2 Å². The predicted octanol–water partition coefficient (Wildman–Crippen LogP) is 2.02. The Labute approximate surface area is 311 Å². The molecule has 2 aromatic rings. The van der Waals surface area contributed by atoms with Crippen molar-refractivity contribution in [3.05, 3.63) is 34.9 Å². The molecular weight excluding hydrogens is 740 g/mol. The number of methoxy groups -OCH3 is 1. The van der Waals surface area contributed by atoms with E-state index in [1.54, 1.807) is 0 Å². The van der Waals surface area contributed by atoms with Crippen molar-refractivity contribution in [1.29, 1.82) is 0 Å². The number of hydrogen-bond donors (Lipinski definition) is 0. The lowest BCUT2D eigenvalue weighted by molar-refractivity contribution is -0.249. The number of rotatable bonds is 11. The molecule has 2 aromatic carbocycles. The van der Waals surface area contributed by atoms with Crippen molar-refractivity contribution in [1.82, 2.24) is 0 Å². The highest BCUT2D eigenvalue weighted by molar-refractivity contribution is 5.96. The van der Waals surface area contributed by atoms with Crippen LogP contribution >= 0.6 is 0 Å². The second kappa shape index (κ2) is 17.1. The van der Waals surface area contributed by atoms with Crippen molar-refractivity contribution in [2.75, 3.05) is 13.7 Å². The van der Waals surface area contributed by atoms with Crippen LogP contribution in [0.5, 0.6) is 34.5 Å². The monoisotopic (exact) mass is 774 g/mol. The molecule has 0 saturated carbocycles. The zero-order chi connectivity index (χ0) is 40.9. The van der Waals surface area contributed by atoms with Crippen molar-refractivity contribution >= 4 is 53.7 Å². The smallest absolute Gasteiger partial charge is 0.339 e. The van der Waals surface area contributed by atoms with Gasteiger partial charge in [0.1, 0.15) is 18.8 Å². The van der Waals surface area contributed by atoms with Gasteiger partial charge >= 0.3 is 53.7 Å². The topological polar surface area (TPSA) is 255 Å². The van der Waals surface area contributed by atoms with Crippen LogP contribution in [0.4, 0.5) is 0 Å². The highest BCUT2D eigenvalue weighted by Crippen LogP contribution is 2.52. The molecule has 0 N–H and O–H groups in total. The van der Waals surface area contributed by atoms with Crippen molar-refractivity contribution in [2.45, 2.75) is 79.0 Å². The second-order valence-corrected chi connectivity index (χ2v) is 11.7. The maximum absolute atomic E-state index is 13.5. The summed E-state index contributed by atoms with van der Waals surface area (Å²) < 4.78 is 59.6. The number of fused-ring (bicyclic) bond motifs is 3. The highest BCUT2D eigenvalue weighted by Gasteiger charge is 2.56. The van der Waals surface area contributed by atoms with Gasteiger partial charge in [0.05, 0.1) is 18.2 Å². The van der Waals surface area contributed by atoms with Gasteiger partial charge in [0.15, 0.2) is 41.3 Å². The fourth-order valence-corrected chi connectivity index (χ4v) is 5.65. The minimum Gasteiger partial charge on any atom is -0.490 e. The molecular formula is C35H34O20. The van der Waals surface area contributed by atoms with Crippen molar-refractivity contribution in [2.24, 2.45) is 0 Å². The molecule has 1 saturated heterocycles. The lowest BCUT2D eigenvalue weighted by Crippen LogP contribution is -2.60. The Bertz CT molecular complexity index is 1930. The Morgan fingerprint density at radius 3 is 1.55 bits per heavy atom. The maximum atomic E-state index is 13.5. The zero-order valence-electron chi connectivity index (χ0n) is 30.5. The number of benzene rings is 2. The Morgan fingerprint density at radius 1 is 0.600 bits per heavy atom. The molecule has 2 aliphatic heterocycles. The van der Waals surface area contributed by atoms with Gasteiger partial charge < -0.3 is 52.1 Å². The Balaban J connectivity index is 1.84. The quantitative estimate of drug-likeness (QED) is 0.180. The molecule has 0 spiro atoms. The molecule has 0 amide bonds. The summed E-state index contributed by atoms with van der Waals surface area (Å²) in [6.07, 6.45) is -7.93. The van der Waals surface area contributed by atoms with Crippen LogP contribution in [0.25, 0.3) is 0 Å². The average molecular weight is 775 g/mol. The number of esters is 9. The minimum absolute atomic E-state index is 0.197. The fourth-order valence-electron chi connectivity index (χ4n) is 5.65. The number of carbonyl (C=O) groups is 9. The molecule has 1 fully saturated rings. The van der Waals surface area contributed by atoms with Crippen LogP contribution < -0.4 is 28.4 Å². The summed E-state index contributed by atoms with van der Waals surface area (Å²) in [5.41, 5.74) is -0.937. The maximum Gasteiger partial charge on any atom is 0.339 e. The van der Waals surface area contributed by atoms with Crippen molar-refractivity contribution in [3.8, 4) is 34.5 Å². The normalized spacial score (nSPS) is 19.5. The van der Waals surface area contributed by atoms with E-state index in [0.717, 1.165) is 73.8 Å². The van der Waals surface area contributed by atoms with Gasteiger partial charge in [0.25, 0.3) is 0 Å². The van der Waals surface area contributed by atoms with E-state index in [2.05, 4.69) is 0 Å². The number of hydrogen-bond acceptors (Lipinski definition) is 20. The molecule has 5 atom stereocenters. The largest absolute Gasteiger partial charge is 0.490 e. The van der Waals surface area contributed by atoms with Crippen LogP contribution in [0.3, 0.4) is 0 Å². The van der Waals surface area contributed by atoms with Crippen LogP contribution in [0.1, 0.15) is 80.8 Å². The Kier molecular flexibility index (Phi) is 12.8. The Hall–Kier alpha value is -6.57. The van der Waals surface area contributed by atoms with E-state index < -0.39 is 119 Å². The summed E-state index contributed by atoms with van der Waals surface area (Å²) >= 11 is 0. The van der Waals surface area contributed by atoms with E-state index in [4.69, 9.17) is 52.1 Å². The molecule has 2 heterocycles. The molecule has 294 valence electrons. The summed E-state index contributed by atoms with van der Waals surface area (Å²) in [6.45, 7) is 6.37. The van der Waals surface area contributed by atoms with Gasteiger partial charge in [-0.25, -0.2) is 9.59 Å². The first-order chi connectivity index (χ1) is 25.8. The summed E-state index contributed by atoms with van der Waals surface area (Å²) in [5, 5.41) is 0. The molecule has 20 nitrogen and oxygen atoms in total. The molecule has 55 heavy (non-hydrogen) atoms. The van der Waals surface area contributed by atoms with Crippen LogP contribution in [0.15, 0.2) is 18.2 Å². The van der Waals surface area contributed by atoms with E-state index in [0.29, 0.717) is 0 Å². The lowest BCUT2D eigenvalue weighted by atomic mass is 9.85. The summed E-state index contributed by atoms with van der Waals surface area (Å²) in [7, 11) is 1.15. The summed E-state index contributed by atoms with van der Waals surface area (Å²) in [4.78, 5) is 112. The lowest BCUT2D eigenvalue weighted by Gasteiger charge is -2.46. The molecule has 2 aliphatic rings. The van der Waals surface area contributed by atoms with Crippen molar-refractivity contribution in [3.63, 3.8) is 0 Å². The predicted molar refractivity (Wildman–Crippen MR) is 174 cm³/mol. The van der Waals surface area contributed by atoms with E-state index in [1.807, 2.05) is 0 Å². The van der Waals surface area contributed by atoms with E-state index in [-0.39, 0.29) is 22.6 Å². The number of carbonyl (C=O) groups excluding carboxylic acids is 9. The Morgan fingerprint density at radius 2 is 1.07 bits per heavy atom. The highest BCUT2D eigenvalue weighted by atomic mass is 16.7. The number of ether oxygens (including phenoxy) is 11. The first-order valence-corrected chi connectivity index (χ1v) is 16.0. The van der Waals surface area contributed by atoms with Gasteiger partial charge in [-0.3, -0.25) is 33.6 Å². The van der Waals surface area contributed by atoms with Gasteiger partial charge in [0, 0.05) is 54.0 Å². The average Bonchev–Trinajstić information content (AvgIpc) is 3.05. The first kappa shape index (κ1) is 41.2. The molecule has 20 heteroatoms. The third-order valence-electron chi connectivity index (χ3n) is 7.32. The van der Waals surface area contributed by atoms with E-state index >= 15 is 0 Å². The van der Waals surface area contributed by atoms with Gasteiger partial charge in [-0.1, -0.05) is 0 Å². The van der Waals surface area contributed by atoms with Crippen LogP contribution in [0, 0.1) is 0 Å². The molecule has 0 bridgehead atoms. The van der Waals surface area contributed by atoms with Crippen LogP contribution in [-0.2, 0) is 57.2 Å². The van der Waals surface area contributed by atoms with Crippen molar-refractivity contribution < 1.29 is 95.3 Å². The standard InChI is InChI=1S/C35H34O20/c1-13(36)47-22-9-20(10-23(48-14(2)37)27(22)50-16(4)39)34(43)46-12-25-29(51-17(5)40)32(53-19(7)42)33-31(54-25)26-21(35(44)55-33)11-24(49-15(3)38)28(45-8)30(26)52-18(6)41/h9-11,25,29,31-33H,12H2,1-8H3/t25-,29-,31+,32+,33+/m1/s1. The van der Waals surface area contributed by atoms with E-state index in [1.165, 1.54) is 0 Å². The fraction of sp³-hybridized carbons (Fsp3) is 0.400. The van der Waals surface area contributed by atoms with Crippen LogP contribution in [0.2, 0.25) is 0 Å². The van der Waals surface area contributed by atoms with Gasteiger partial charge in [-0.05, 0) is 18.2 Å². The molecule has 0 radical (unpaired) electrons. The van der Waals surface area contributed by atoms with Gasteiger partial charge in [0.2, 0.25) is 11.5 Å². The summed E-state index contributed by atoms with van der Waals surface area (Å²) in [5.74, 6) is -11.2. The summed E-state index contributed by atoms with van der Waals surface area (Å²) in [6, 6.07) is 2.97. The zero-order valence-corrected chi connectivity index (χ0v) is 30.5. The third-order valence-corrected chi connectivity index (χ3v) is 7.32. The van der Waals surface area contributed by atoms with Gasteiger partial charge in [-0.15, -0.1) is 0 Å². The molecule has 4 rings (SSSR count).